The summed E-state index contributed by atoms with van der Waals surface area (Å²) in [4.78, 5) is 0. The molecule has 9 nitrogen and oxygen atoms in total. The van der Waals surface area contributed by atoms with Gasteiger partial charge in [-0.3, -0.25) is 0 Å². The van der Waals surface area contributed by atoms with Crippen LogP contribution >= 0.6 is 0 Å². The first-order valence-electron chi connectivity index (χ1n) is 10.5. The van der Waals surface area contributed by atoms with Crippen LogP contribution in [-0.2, 0) is 0 Å². The van der Waals surface area contributed by atoms with Crippen molar-refractivity contribution >= 4 is 0 Å². The number of hydrogen-bond donors (Lipinski definition) is 9. The Hall–Kier alpha value is -0.360. The van der Waals surface area contributed by atoms with Crippen LogP contribution in [0.2, 0.25) is 0 Å². The third-order valence-electron chi connectivity index (χ3n) is 4.89. The number of rotatable bonds is 17. The second-order valence-electron chi connectivity index (χ2n) is 8.37. The van der Waals surface area contributed by atoms with Crippen molar-refractivity contribution in [2.45, 2.75) is 127 Å². The van der Waals surface area contributed by atoms with Crippen LogP contribution in [0.1, 0.15) is 71.6 Å². The van der Waals surface area contributed by atoms with Crippen LogP contribution in [-0.4, -0.2) is 101 Å². The van der Waals surface area contributed by atoms with Crippen molar-refractivity contribution < 1.29 is 46.0 Å². The molecule has 0 fully saturated rings. The van der Waals surface area contributed by atoms with Gasteiger partial charge in [0.1, 0.15) is 0 Å². The fourth-order valence-corrected chi connectivity index (χ4v) is 3.43. The van der Waals surface area contributed by atoms with Gasteiger partial charge in [-0.1, -0.05) is 6.92 Å². The van der Waals surface area contributed by atoms with Gasteiger partial charge in [-0.2, -0.15) is 0 Å². The Morgan fingerprint density at radius 1 is 0.379 bits per heavy atom. The maximum Gasteiger partial charge on any atom is 0.0589 e. The SMILES string of the molecule is CCC(O)CC(O)CC(O)CC(O)CC(O)CC(O)CC(O)CC(O)CC(C)O. The van der Waals surface area contributed by atoms with Gasteiger partial charge in [0.05, 0.1) is 54.9 Å². The maximum absolute atomic E-state index is 10.0. The molecule has 9 heteroatoms. The Labute approximate surface area is 173 Å². The molecular weight excluding hydrogens is 384 g/mol. The van der Waals surface area contributed by atoms with E-state index in [4.69, 9.17) is 0 Å². The average Bonchev–Trinajstić information content (AvgIpc) is 2.51. The summed E-state index contributed by atoms with van der Waals surface area (Å²) < 4.78 is 0. The standard InChI is InChI=1S/C20H42O9/c1-3-13(22)5-15(24)7-17(26)9-19(28)11-20(29)10-18(27)8-16(25)6-14(23)4-12(2)21/h12-29H,3-11H2,1-2H3. The van der Waals surface area contributed by atoms with Crippen LogP contribution in [0.25, 0.3) is 0 Å². The molecule has 0 aromatic carbocycles. The van der Waals surface area contributed by atoms with Crippen molar-refractivity contribution in [3.8, 4) is 0 Å². The Morgan fingerprint density at radius 2 is 0.586 bits per heavy atom. The molecule has 0 aromatic heterocycles. The summed E-state index contributed by atoms with van der Waals surface area (Å²) in [6, 6.07) is 0. The van der Waals surface area contributed by atoms with E-state index < -0.39 is 54.9 Å². The molecule has 0 amide bonds. The van der Waals surface area contributed by atoms with E-state index in [-0.39, 0.29) is 51.4 Å². The highest BCUT2D eigenvalue weighted by Crippen LogP contribution is 2.17. The molecule has 0 radical (unpaired) electrons. The predicted molar refractivity (Wildman–Crippen MR) is 107 cm³/mol. The summed E-state index contributed by atoms with van der Waals surface area (Å²) in [6.45, 7) is 3.31. The maximum atomic E-state index is 10.0. The van der Waals surface area contributed by atoms with Crippen molar-refractivity contribution in [1.82, 2.24) is 0 Å². The van der Waals surface area contributed by atoms with Crippen molar-refractivity contribution in [3.63, 3.8) is 0 Å². The van der Waals surface area contributed by atoms with Crippen LogP contribution in [0.15, 0.2) is 0 Å². The zero-order chi connectivity index (χ0) is 22.6. The largest absolute Gasteiger partial charge is 0.393 e. The molecule has 176 valence electrons. The average molecular weight is 427 g/mol. The van der Waals surface area contributed by atoms with E-state index in [1.165, 1.54) is 6.92 Å². The first-order chi connectivity index (χ1) is 13.4. The van der Waals surface area contributed by atoms with Gasteiger partial charge in [0.25, 0.3) is 0 Å². The molecule has 0 saturated carbocycles. The summed E-state index contributed by atoms with van der Waals surface area (Å²) >= 11 is 0. The number of aliphatic hydroxyl groups is 9. The Morgan fingerprint density at radius 3 is 0.793 bits per heavy atom. The van der Waals surface area contributed by atoms with Gasteiger partial charge in [-0.25, -0.2) is 0 Å². The smallest absolute Gasteiger partial charge is 0.0589 e. The summed E-state index contributed by atoms with van der Waals surface area (Å²) in [5, 5.41) is 87.9. The second-order valence-corrected chi connectivity index (χ2v) is 8.37. The summed E-state index contributed by atoms with van der Waals surface area (Å²) in [5.41, 5.74) is 0. The summed E-state index contributed by atoms with van der Waals surface area (Å²) in [7, 11) is 0. The molecule has 0 spiro atoms. The first-order valence-corrected chi connectivity index (χ1v) is 10.5. The van der Waals surface area contributed by atoms with E-state index in [1.807, 2.05) is 0 Å². The fraction of sp³-hybridized carbons (Fsp3) is 1.00. The van der Waals surface area contributed by atoms with Crippen molar-refractivity contribution in [2.75, 3.05) is 0 Å². The fourth-order valence-electron chi connectivity index (χ4n) is 3.43. The minimum Gasteiger partial charge on any atom is -0.393 e. The van der Waals surface area contributed by atoms with Crippen LogP contribution < -0.4 is 0 Å². The van der Waals surface area contributed by atoms with E-state index in [9.17, 15) is 46.0 Å². The molecule has 0 aliphatic heterocycles. The highest BCUT2D eigenvalue weighted by Gasteiger charge is 2.23. The molecular formula is C20H42O9. The molecule has 9 atom stereocenters. The van der Waals surface area contributed by atoms with Crippen molar-refractivity contribution in [2.24, 2.45) is 0 Å². The predicted octanol–water partition coefficient (Wildman–Crippen LogP) is -1.21. The van der Waals surface area contributed by atoms with Crippen molar-refractivity contribution in [3.05, 3.63) is 0 Å². The zero-order valence-corrected chi connectivity index (χ0v) is 17.6. The second kappa shape index (κ2) is 15.4. The van der Waals surface area contributed by atoms with E-state index in [1.54, 1.807) is 6.92 Å². The lowest BCUT2D eigenvalue weighted by atomic mass is 9.95. The quantitative estimate of drug-likeness (QED) is 0.138. The van der Waals surface area contributed by atoms with Crippen LogP contribution in [0, 0.1) is 0 Å². The molecule has 0 rings (SSSR count). The summed E-state index contributed by atoms with van der Waals surface area (Å²) in [6.07, 6.45) is -7.70. The van der Waals surface area contributed by atoms with Gasteiger partial charge >= 0.3 is 0 Å². The van der Waals surface area contributed by atoms with Crippen LogP contribution in [0.5, 0.6) is 0 Å². The van der Waals surface area contributed by atoms with Gasteiger partial charge in [-0.05, 0) is 64.7 Å². The lowest BCUT2D eigenvalue weighted by Gasteiger charge is -2.23. The lowest BCUT2D eigenvalue weighted by Crippen LogP contribution is -2.30. The molecule has 9 unspecified atom stereocenters. The summed E-state index contributed by atoms with van der Waals surface area (Å²) in [5.74, 6) is 0. The highest BCUT2D eigenvalue weighted by molar-refractivity contribution is 4.75. The van der Waals surface area contributed by atoms with E-state index in [0.717, 1.165) is 0 Å². The topological polar surface area (TPSA) is 182 Å². The monoisotopic (exact) mass is 426 g/mol. The van der Waals surface area contributed by atoms with Gasteiger partial charge in [0, 0.05) is 0 Å². The Kier molecular flexibility index (Phi) is 15.3. The Balaban J connectivity index is 4.13. The third kappa shape index (κ3) is 16.1. The van der Waals surface area contributed by atoms with Crippen molar-refractivity contribution in [1.29, 1.82) is 0 Å². The van der Waals surface area contributed by atoms with Gasteiger partial charge in [-0.15, -0.1) is 0 Å². The molecule has 0 aliphatic rings. The zero-order valence-electron chi connectivity index (χ0n) is 17.6. The van der Waals surface area contributed by atoms with E-state index in [2.05, 4.69) is 0 Å². The first kappa shape index (κ1) is 28.6. The molecule has 0 aliphatic carbocycles. The molecule has 0 heterocycles. The lowest BCUT2D eigenvalue weighted by molar-refractivity contribution is -0.0109. The minimum atomic E-state index is -1.05. The number of aliphatic hydroxyl groups excluding tert-OH is 9. The minimum absolute atomic E-state index is 0.00191. The van der Waals surface area contributed by atoms with Gasteiger partial charge in [0.15, 0.2) is 0 Å². The number of hydrogen-bond acceptors (Lipinski definition) is 9. The third-order valence-corrected chi connectivity index (χ3v) is 4.89. The van der Waals surface area contributed by atoms with E-state index >= 15 is 0 Å². The molecule has 29 heavy (non-hydrogen) atoms. The van der Waals surface area contributed by atoms with E-state index in [0.29, 0.717) is 6.42 Å². The molecule has 0 aromatic rings. The molecule has 0 saturated heterocycles. The molecule has 0 bridgehead atoms. The molecule has 9 N–H and O–H groups in total. The normalized spacial score (nSPS) is 21.6. The highest BCUT2D eigenvalue weighted by atomic mass is 16.3. The van der Waals surface area contributed by atoms with Gasteiger partial charge < -0.3 is 46.0 Å². The van der Waals surface area contributed by atoms with Gasteiger partial charge in [0.2, 0.25) is 0 Å². The Bertz CT molecular complexity index is 396. The van der Waals surface area contributed by atoms with Crippen LogP contribution in [0.3, 0.4) is 0 Å². The van der Waals surface area contributed by atoms with Crippen LogP contribution in [0.4, 0.5) is 0 Å².